The third-order valence-corrected chi connectivity index (χ3v) is 1.58. The fraction of sp³-hybridized carbons (Fsp3) is 0.857. The van der Waals surface area contributed by atoms with Gasteiger partial charge in [-0.15, -0.1) is 0 Å². The van der Waals surface area contributed by atoms with Gasteiger partial charge in [-0.2, -0.15) is 0 Å². The van der Waals surface area contributed by atoms with Crippen LogP contribution in [0.2, 0.25) is 0 Å². The largest absolute Gasteiger partial charge is 0.390 e. The number of piperidine rings is 1. The van der Waals surface area contributed by atoms with Crippen LogP contribution in [-0.2, 0) is 0 Å². The molecule has 0 aromatic rings. The van der Waals surface area contributed by atoms with E-state index in [9.17, 15) is 0 Å². The molecule has 10 heavy (non-hydrogen) atoms. The Kier molecular flexibility index (Phi) is 6.18. The minimum absolute atomic E-state index is 0.750. The second-order valence-corrected chi connectivity index (χ2v) is 2.53. The fourth-order valence-electron chi connectivity index (χ4n) is 1.05. The molecule has 0 unspecified atom stereocenters. The van der Waals surface area contributed by atoms with Gasteiger partial charge in [-0.3, -0.25) is 5.41 Å². The van der Waals surface area contributed by atoms with Crippen molar-refractivity contribution in [2.75, 3.05) is 20.1 Å². The van der Waals surface area contributed by atoms with Gasteiger partial charge in [0.25, 0.3) is 0 Å². The molecule has 0 aliphatic carbocycles. The van der Waals surface area contributed by atoms with Crippen LogP contribution < -0.4 is 5.73 Å². The van der Waals surface area contributed by atoms with Gasteiger partial charge in [0.2, 0.25) is 0 Å². The maximum absolute atomic E-state index is 5.86. The molecule has 1 aliphatic heterocycles. The van der Waals surface area contributed by atoms with Crippen molar-refractivity contribution in [3.8, 4) is 0 Å². The molecule has 0 aromatic carbocycles. The summed E-state index contributed by atoms with van der Waals surface area (Å²) >= 11 is 0. The second-order valence-electron chi connectivity index (χ2n) is 2.53. The van der Waals surface area contributed by atoms with Crippen molar-refractivity contribution in [1.29, 1.82) is 5.41 Å². The van der Waals surface area contributed by atoms with Crippen LogP contribution in [0.3, 0.4) is 0 Å². The van der Waals surface area contributed by atoms with Gasteiger partial charge in [0.05, 0.1) is 6.34 Å². The topological polar surface area (TPSA) is 53.1 Å². The molecule has 1 fully saturated rings. The minimum atomic E-state index is 0.750. The molecule has 0 radical (unpaired) electrons. The molecule has 0 saturated carbocycles. The van der Waals surface area contributed by atoms with E-state index in [4.69, 9.17) is 5.41 Å². The quantitative estimate of drug-likeness (QED) is 0.386. The molecular weight excluding hydrogens is 126 g/mol. The van der Waals surface area contributed by atoms with Crippen LogP contribution in [0.4, 0.5) is 0 Å². The zero-order valence-corrected chi connectivity index (χ0v) is 6.64. The summed E-state index contributed by atoms with van der Waals surface area (Å²) < 4.78 is 0. The first-order valence-corrected chi connectivity index (χ1v) is 3.70. The van der Waals surface area contributed by atoms with Crippen molar-refractivity contribution in [1.82, 2.24) is 4.90 Å². The van der Waals surface area contributed by atoms with E-state index in [2.05, 4.69) is 17.7 Å². The SMILES string of the molecule is CN1CCCCC1.N=CN. The molecular formula is C7H17N3. The van der Waals surface area contributed by atoms with E-state index < -0.39 is 0 Å². The molecule has 0 amide bonds. The number of hydrogen-bond acceptors (Lipinski definition) is 2. The van der Waals surface area contributed by atoms with E-state index >= 15 is 0 Å². The lowest BCUT2D eigenvalue weighted by atomic mass is 10.1. The Hall–Kier alpha value is -0.570. The van der Waals surface area contributed by atoms with Crippen molar-refractivity contribution >= 4 is 6.34 Å². The van der Waals surface area contributed by atoms with Crippen molar-refractivity contribution in [2.24, 2.45) is 5.73 Å². The van der Waals surface area contributed by atoms with E-state index in [0.717, 1.165) is 6.34 Å². The normalized spacial score (nSPS) is 18.9. The summed E-state index contributed by atoms with van der Waals surface area (Å²) in [6.07, 6.45) is 5.03. The minimum Gasteiger partial charge on any atom is -0.390 e. The van der Waals surface area contributed by atoms with Crippen LogP contribution in [0.15, 0.2) is 0 Å². The summed E-state index contributed by atoms with van der Waals surface area (Å²) in [7, 11) is 2.19. The molecule has 0 aromatic heterocycles. The number of rotatable bonds is 0. The summed E-state index contributed by atoms with van der Waals surface area (Å²) in [5.41, 5.74) is 4.39. The van der Waals surface area contributed by atoms with Crippen molar-refractivity contribution in [3.05, 3.63) is 0 Å². The third-order valence-electron chi connectivity index (χ3n) is 1.58. The monoisotopic (exact) mass is 143 g/mol. The van der Waals surface area contributed by atoms with E-state index in [1.807, 2.05) is 0 Å². The number of nitrogens with one attached hydrogen (secondary N) is 1. The van der Waals surface area contributed by atoms with Crippen LogP contribution in [0.5, 0.6) is 0 Å². The Morgan fingerprint density at radius 3 is 1.90 bits per heavy atom. The Morgan fingerprint density at radius 1 is 1.30 bits per heavy atom. The van der Waals surface area contributed by atoms with E-state index in [0.29, 0.717) is 0 Å². The summed E-state index contributed by atoms with van der Waals surface area (Å²) in [6, 6.07) is 0. The Bertz CT molecular complexity index is 76.9. The van der Waals surface area contributed by atoms with Crippen LogP contribution in [-0.4, -0.2) is 31.4 Å². The highest BCUT2D eigenvalue weighted by atomic mass is 15.1. The molecule has 1 aliphatic rings. The molecule has 1 heterocycles. The van der Waals surface area contributed by atoms with Gasteiger partial charge in [-0.05, 0) is 33.0 Å². The van der Waals surface area contributed by atoms with E-state index in [1.165, 1.54) is 32.4 Å². The van der Waals surface area contributed by atoms with Gasteiger partial charge in [0.1, 0.15) is 0 Å². The van der Waals surface area contributed by atoms with Gasteiger partial charge >= 0.3 is 0 Å². The highest BCUT2D eigenvalue weighted by molar-refractivity contribution is 5.46. The molecule has 0 bridgehead atoms. The molecule has 1 rings (SSSR count). The molecule has 0 atom stereocenters. The van der Waals surface area contributed by atoms with Crippen LogP contribution in [0.1, 0.15) is 19.3 Å². The highest BCUT2D eigenvalue weighted by Gasteiger charge is 2.02. The van der Waals surface area contributed by atoms with Crippen LogP contribution >= 0.6 is 0 Å². The number of hydrogen-bond donors (Lipinski definition) is 2. The standard InChI is InChI=1S/C6H13N.CH4N2/c1-7-5-3-2-4-6-7;2-1-3/h2-6H2,1H3;1H,(H3,2,3). The first kappa shape index (κ1) is 9.43. The average Bonchev–Trinajstić information content (AvgIpc) is 1.91. The molecule has 1 saturated heterocycles. The Morgan fingerprint density at radius 2 is 1.70 bits per heavy atom. The molecule has 0 spiro atoms. The average molecular weight is 143 g/mol. The van der Waals surface area contributed by atoms with Gasteiger partial charge in [-0.1, -0.05) is 6.42 Å². The van der Waals surface area contributed by atoms with E-state index in [-0.39, 0.29) is 0 Å². The number of likely N-dealkylation sites (tertiary alicyclic amines) is 1. The number of nitrogens with two attached hydrogens (primary N) is 1. The van der Waals surface area contributed by atoms with E-state index in [1.54, 1.807) is 0 Å². The highest BCUT2D eigenvalue weighted by Crippen LogP contribution is 2.04. The van der Waals surface area contributed by atoms with Crippen molar-refractivity contribution < 1.29 is 0 Å². The lowest BCUT2D eigenvalue weighted by molar-refractivity contribution is 0.277. The zero-order valence-electron chi connectivity index (χ0n) is 6.64. The maximum Gasteiger partial charge on any atom is 0.0765 e. The smallest absolute Gasteiger partial charge is 0.0765 e. The third kappa shape index (κ3) is 5.56. The Balaban J connectivity index is 0.000000236. The second kappa shape index (κ2) is 6.55. The molecule has 3 heteroatoms. The molecule has 60 valence electrons. The Labute approximate surface area is 62.7 Å². The summed E-state index contributed by atoms with van der Waals surface area (Å²) in [4.78, 5) is 2.39. The predicted octanol–water partition coefficient (Wildman–Crippen LogP) is 0.654. The van der Waals surface area contributed by atoms with Gasteiger partial charge in [0.15, 0.2) is 0 Å². The zero-order chi connectivity index (χ0) is 7.82. The molecule has 3 nitrogen and oxygen atoms in total. The van der Waals surface area contributed by atoms with Gasteiger partial charge in [0, 0.05) is 0 Å². The summed E-state index contributed by atoms with van der Waals surface area (Å²) in [5, 5.41) is 5.86. The van der Waals surface area contributed by atoms with Crippen molar-refractivity contribution in [3.63, 3.8) is 0 Å². The lowest BCUT2D eigenvalue weighted by Crippen LogP contribution is -2.24. The first-order chi connectivity index (χ1) is 4.81. The van der Waals surface area contributed by atoms with Crippen LogP contribution in [0.25, 0.3) is 0 Å². The van der Waals surface area contributed by atoms with Crippen LogP contribution in [0, 0.1) is 5.41 Å². The summed E-state index contributed by atoms with van der Waals surface area (Å²) in [5.74, 6) is 0. The van der Waals surface area contributed by atoms with Crippen molar-refractivity contribution in [2.45, 2.75) is 19.3 Å². The lowest BCUT2D eigenvalue weighted by Gasteiger charge is -2.20. The summed E-state index contributed by atoms with van der Waals surface area (Å²) in [6.45, 7) is 2.64. The number of nitrogens with zero attached hydrogens (tertiary/aromatic N) is 1. The fourth-order valence-corrected chi connectivity index (χ4v) is 1.05. The van der Waals surface area contributed by atoms with Gasteiger partial charge in [-0.25, -0.2) is 0 Å². The maximum atomic E-state index is 5.86. The predicted molar refractivity (Wildman–Crippen MR) is 44.3 cm³/mol. The van der Waals surface area contributed by atoms with Gasteiger partial charge < -0.3 is 10.6 Å². The molecule has 3 N–H and O–H groups in total. The first-order valence-electron chi connectivity index (χ1n) is 3.70.